The lowest BCUT2D eigenvalue weighted by Gasteiger charge is -2.27. The molecule has 0 atom stereocenters. The molecular formula is C53H37N3. The van der Waals surface area contributed by atoms with Crippen LogP contribution in [-0.4, -0.2) is 4.98 Å². The Morgan fingerprint density at radius 1 is 0.321 bits per heavy atom. The smallest absolute Gasteiger partial charge is 0.0540 e. The molecule has 0 unspecified atom stereocenters. The molecule has 0 spiro atoms. The van der Waals surface area contributed by atoms with Crippen LogP contribution < -0.4 is 9.80 Å². The van der Waals surface area contributed by atoms with Gasteiger partial charge in [0, 0.05) is 46.3 Å². The van der Waals surface area contributed by atoms with Crippen molar-refractivity contribution in [3.8, 4) is 55.6 Å². The zero-order valence-electron chi connectivity index (χ0n) is 30.7. The Hall–Kier alpha value is -7.49. The first-order valence-corrected chi connectivity index (χ1v) is 19.0. The first kappa shape index (κ1) is 33.1. The predicted octanol–water partition coefficient (Wildman–Crippen LogP) is 14.7. The van der Waals surface area contributed by atoms with E-state index < -0.39 is 0 Å². The van der Waals surface area contributed by atoms with Crippen molar-refractivity contribution in [3.63, 3.8) is 0 Å². The average Bonchev–Trinajstić information content (AvgIpc) is 3.40. The lowest BCUT2D eigenvalue weighted by molar-refractivity contribution is 1.28. The van der Waals surface area contributed by atoms with E-state index in [1.165, 1.54) is 44.6 Å². The molecule has 3 nitrogen and oxygen atoms in total. The summed E-state index contributed by atoms with van der Waals surface area (Å²) < 4.78 is 0. The largest absolute Gasteiger partial charge is 0.311 e. The SMILES string of the molecule is c1ccc(-c2ccc(N(c3ccc(-c4cccnc4)cc3)c3ccc(-c4ccc5c(c4)-c4ccccc4-c4ccccc4N5c4ccccc4)cc3)cc2)cc1. The number of hydrogen-bond acceptors (Lipinski definition) is 3. The molecule has 9 aromatic rings. The van der Waals surface area contributed by atoms with Crippen molar-refractivity contribution in [2.45, 2.75) is 0 Å². The van der Waals surface area contributed by atoms with E-state index in [1.54, 1.807) is 0 Å². The quantitative estimate of drug-likeness (QED) is 0.164. The first-order chi connectivity index (χ1) is 27.8. The monoisotopic (exact) mass is 715 g/mol. The maximum absolute atomic E-state index is 4.33. The topological polar surface area (TPSA) is 19.4 Å². The second kappa shape index (κ2) is 14.4. The molecule has 1 aliphatic heterocycles. The van der Waals surface area contributed by atoms with E-state index in [4.69, 9.17) is 0 Å². The maximum Gasteiger partial charge on any atom is 0.0540 e. The number of pyridine rings is 1. The van der Waals surface area contributed by atoms with Gasteiger partial charge in [-0.15, -0.1) is 0 Å². The van der Waals surface area contributed by atoms with Gasteiger partial charge in [0.1, 0.15) is 0 Å². The Morgan fingerprint density at radius 2 is 0.768 bits per heavy atom. The van der Waals surface area contributed by atoms with E-state index in [-0.39, 0.29) is 0 Å². The lowest BCUT2D eigenvalue weighted by atomic mass is 9.92. The number of hydrogen-bond donors (Lipinski definition) is 0. The highest BCUT2D eigenvalue weighted by molar-refractivity contribution is 6.03. The molecule has 1 aromatic heterocycles. The molecular weight excluding hydrogens is 679 g/mol. The van der Waals surface area contributed by atoms with E-state index in [2.05, 4.69) is 221 Å². The van der Waals surface area contributed by atoms with Crippen LogP contribution in [0.3, 0.4) is 0 Å². The van der Waals surface area contributed by atoms with Crippen molar-refractivity contribution in [2.24, 2.45) is 0 Å². The van der Waals surface area contributed by atoms with Gasteiger partial charge in [-0.2, -0.15) is 0 Å². The molecule has 0 radical (unpaired) electrons. The van der Waals surface area contributed by atoms with Gasteiger partial charge in [-0.3, -0.25) is 4.98 Å². The van der Waals surface area contributed by atoms with Gasteiger partial charge in [-0.25, -0.2) is 0 Å². The van der Waals surface area contributed by atoms with Crippen molar-refractivity contribution >= 4 is 34.1 Å². The molecule has 264 valence electrons. The van der Waals surface area contributed by atoms with Crippen LogP contribution in [0.1, 0.15) is 0 Å². The summed E-state index contributed by atoms with van der Waals surface area (Å²) in [6, 6.07) is 76.3. The standard InChI is InChI=1S/C53H37N3/c1-3-12-38(13-4-1)39-21-28-45(29-22-39)55(47-32-25-41(26-33-47)43-14-11-35-54-37-43)46-30-23-40(24-31-46)42-27-34-53-51(36-42)49-18-8-7-17-48(49)50-19-9-10-20-52(50)56(53)44-15-5-2-6-16-44/h1-37H. The van der Waals surface area contributed by atoms with Crippen molar-refractivity contribution in [3.05, 3.63) is 225 Å². The Morgan fingerprint density at radius 3 is 1.38 bits per heavy atom. The highest BCUT2D eigenvalue weighted by Gasteiger charge is 2.26. The van der Waals surface area contributed by atoms with Crippen LogP contribution in [0.4, 0.5) is 34.1 Å². The van der Waals surface area contributed by atoms with Crippen molar-refractivity contribution in [2.75, 3.05) is 9.80 Å². The fourth-order valence-corrected chi connectivity index (χ4v) is 7.98. The van der Waals surface area contributed by atoms with Gasteiger partial charge >= 0.3 is 0 Å². The molecule has 0 aliphatic carbocycles. The summed E-state index contributed by atoms with van der Waals surface area (Å²) >= 11 is 0. The van der Waals surface area contributed by atoms with E-state index in [9.17, 15) is 0 Å². The predicted molar refractivity (Wildman–Crippen MR) is 234 cm³/mol. The van der Waals surface area contributed by atoms with Crippen molar-refractivity contribution in [1.82, 2.24) is 4.98 Å². The minimum absolute atomic E-state index is 1.08. The van der Waals surface area contributed by atoms with Gasteiger partial charge in [0.15, 0.2) is 0 Å². The maximum atomic E-state index is 4.33. The van der Waals surface area contributed by atoms with Gasteiger partial charge in [-0.1, -0.05) is 140 Å². The number of rotatable bonds is 7. The van der Waals surface area contributed by atoms with Crippen LogP contribution in [0.5, 0.6) is 0 Å². The minimum atomic E-state index is 1.08. The fraction of sp³-hybridized carbons (Fsp3) is 0. The second-order valence-corrected chi connectivity index (χ2v) is 14.0. The fourth-order valence-electron chi connectivity index (χ4n) is 7.98. The van der Waals surface area contributed by atoms with Gasteiger partial charge in [0.25, 0.3) is 0 Å². The number of anilines is 6. The van der Waals surface area contributed by atoms with Crippen molar-refractivity contribution < 1.29 is 0 Å². The second-order valence-electron chi connectivity index (χ2n) is 14.0. The third-order valence-electron chi connectivity index (χ3n) is 10.7. The zero-order valence-corrected chi connectivity index (χ0v) is 30.7. The summed E-state index contributed by atoms with van der Waals surface area (Å²) in [6.07, 6.45) is 3.72. The minimum Gasteiger partial charge on any atom is -0.311 e. The van der Waals surface area contributed by atoms with Gasteiger partial charge in [-0.05, 0) is 117 Å². The van der Waals surface area contributed by atoms with E-state index in [1.807, 2.05) is 18.5 Å². The third-order valence-corrected chi connectivity index (χ3v) is 10.7. The van der Waals surface area contributed by atoms with Crippen LogP contribution in [0.25, 0.3) is 55.6 Å². The van der Waals surface area contributed by atoms with Crippen LogP contribution in [0.15, 0.2) is 225 Å². The Balaban J connectivity index is 1.05. The van der Waals surface area contributed by atoms with E-state index >= 15 is 0 Å². The molecule has 0 fully saturated rings. The molecule has 0 bridgehead atoms. The average molecular weight is 716 g/mol. The summed E-state index contributed by atoms with van der Waals surface area (Å²) in [6.45, 7) is 0. The Labute approximate surface area is 328 Å². The van der Waals surface area contributed by atoms with Gasteiger partial charge in [0.2, 0.25) is 0 Å². The summed E-state index contributed by atoms with van der Waals surface area (Å²) in [5, 5.41) is 0. The van der Waals surface area contributed by atoms with Gasteiger partial charge in [0.05, 0.1) is 11.4 Å². The molecule has 0 N–H and O–H groups in total. The molecule has 2 heterocycles. The molecule has 0 saturated carbocycles. The number of aromatic nitrogens is 1. The molecule has 8 aromatic carbocycles. The van der Waals surface area contributed by atoms with E-state index in [0.717, 1.165) is 45.1 Å². The number of benzene rings is 8. The van der Waals surface area contributed by atoms with Crippen LogP contribution >= 0.6 is 0 Å². The summed E-state index contributed by atoms with van der Waals surface area (Å²) in [7, 11) is 0. The number of fused-ring (bicyclic) bond motifs is 5. The van der Waals surface area contributed by atoms with E-state index in [0.29, 0.717) is 0 Å². The molecule has 0 amide bonds. The first-order valence-electron chi connectivity index (χ1n) is 19.0. The zero-order chi connectivity index (χ0) is 37.3. The molecule has 56 heavy (non-hydrogen) atoms. The lowest BCUT2D eigenvalue weighted by Crippen LogP contribution is -2.10. The summed E-state index contributed by atoms with van der Waals surface area (Å²) in [5.74, 6) is 0. The summed E-state index contributed by atoms with van der Waals surface area (Å²) in [5.41, 5.74) is 18.6. The Bertz CT molecular complexity index is 2680. The normalized spacial score (nSPS) is 11.5. The van der Waals surface area contributed by atoms with Crippen LogP contribution in [-0.2, 0) is 0 Å². The van der Waals surface area contributed by atoms with Crippen molar-refractivity contribution in [1.29, 1.82) is 0 Å². The van der Waals surface area contributed by atoms with Crippen LogP contribution in [0.2, 0.25) is 0 Å². The highest BCUT2D eigenvalue weighted by atomic mass is 15.2. The molecule has 0 saturated heterocycles. The number of nitrogens with zero attached hydrogens (tertiary/aromatic N) is 3. The Kier molecular flexibility index (Phi) is 8.51. The van der Waals surface area contributed by atoms with Crippen LogP contribution in [0, 0.1) is 0 Å². The molecule has 3 heteroatoms. The highest BCUT2D eigenvalue weighted by Crippen LogP contribution is 2.51. The van der Waals surface area contributed by atoms with Gasteiger partial charge < -0.3 is 9.80 Å². The molecule has 1 aliphatic rings. The molecule has 10 rings (SSSR count). The summed E-state index contributed by atoms with van der Waals surface area (Å²) in [4.78, 5) is 9.06. The third kappa shape index (κ3) is 6.12. The number of para-hydroxylation sites is 2.